The fourth-order valence-electron chi connectivity index (χ4n) is 5.41. The molecule has 8 heteroatoms. The summed E-state index contributed by atoms with van der Waals surface area (Å²) in [5, 5.41) is 10.2. The van der Waals surface area contributed by atoms with Gasteiger partial charge in [-0.15, -0.1) is 0 Å². The van der Waals surface area contributed by atoms with Gasteiger partial charge < -0.3 is 14.7 Å². The van der Waals surface area contributed by atoms with Crippen molar-refractivity contribution in [2.75, 3.05) is 32.2 Å². The number of likely N-dealkylation sites (N-methyl/N-ethyl adjacent to an activating group) is 1. The van der Waals surface area contributed by atoms with Gasteiger partial charge in [-0.2, -0.15) is 4.31 Å². The Labute approximate surface area is 199 Å². The molecule has 1 fully saturated rings. The third kappa shape index (κ3) is 3.66. The number of hydrogen-bond donors (Lipinski definition) is 1. The summed E-state index contributed by atoms with van der Waals surface area (Å²) in [4.78, 5) is 2.12. The van der Waals surface area contributed by atoms with Crippen molar-refractivity contribution in [1.82, 2.24) is 4.31 Å². The summed E-state index contributed by atoms with van der Waals surface area (Å²) < 4.78 is 47.6. The van der Waals surface area contributed by atoms with Crippen molar-refractivity contribution in [2.24, 2.45) is 5.92 Å². The van der Waals surface area contributed by atoms with Gasteiger partial charge in [0.25, 0.3) is 0 Å². The van der Waals surface area contributed by atoms with Crippen molar-refractivity contribution >= 4 is 15.7 Å². The lowest BCUT2D eigenvalue weighted by Gasteiger charge is -2.44. The highest BCUT2D eigenvalue weighted by Gasteiger charge is 2.50. The molecule has 0 aromatic heterocycles. The van der Waals surface area contributed by atoms with Gasteiger partial charge in [0.15, 0.2) is 0 Å². The normalized spacial score (nSPS) is 22.4. The van der Waals surface area contributed by atoms with Crippen LogP contribution in [0.2, 0.25) is 0 Å². The Morgan fingerprint density at radius 2 is 1.79 bits per heavy atom. The van der Waals surface area contributed by atoms with Crippen LogP contribution in [0, 0.1) is 11.7 Å². The number of aliphatic hydroxyl groups is 1. The van der Waals surface area contributed by atoms with E-state index in [9.17, 15) is 17.9 Å². The standard InChI is InChI=1S/C26H27FN2O4S/c1-28-24-11-6-18(17-4-3-5-20(14-17)33-2)15-23(24)26-22(25(28)16-30)12-13-29(26)34(31,32)21-9-7-19(27)8-10-21/h3-11,14-15,22,25-26,30H,12-13,16H2,1-2H3/t22-,25+,26-/m1/s1. The molecule has 1 N–H and O–H groups in total. The zero-order valence-electron chi connectivity index (χ0n) is 19.1. The minimum absolute atomic E-state index is 0.0690. The van der Waals surface area contributed by atoms with E-state index in [1.54, 1.807) is 7.11 Å². The van der Waals surface area contributed by atoms with Crippen LogP contribution in [-0.2, 0) is 10.0 Å². The molecule has 3 atom stereocenters. The molecular formula is C26H27FN2O4S. The van der Waals surface area contributed by atoms with Gasteiger partial charge in [-0.3, -0.25) is 0 Å². The average molecular weight is 483 g/mol. The van der Waals surface area contributed by atoms with E-state index < -0.39 is 21.9 Å². The van der Waals surface area contributed by atoms with Crippen LogP contribution in [0.1, 0.15) is 18.0 Å². The Balaban J connectivity index is 1.63. The fraction of sp³-hybridized carbons (Fsp3) is 0.308. The van der Waals surface area contributed by atoms with Crippen LogP contribution in [0.4, 0.5) is 10.1 Å². The summed E-state index contributed by atoms with van der Waals surface area (Å²) in [6, 6.07) is 18.1. The van der Waals surface area contributed by atoms with E-state index in [0.717, 1.165) is 28.1 Å². The van der Waals surface area contributed by atoms with Crippen molar-refractivity contribution in [1.29, 1.82) is 0 Å². The molecule has 0 amide bonds. The quantitative estimate of drug-likeness (QED) is 0.594. The Bertz CT molecular complexity index is 1310. The number of rotatable bonds is 5. The molecule has 1 saturated heterocycles. The number of aliphatic hydroxyl groups excluding tert-OH is 1. The zero-order valence-corrected chi connectivity index (χ0v) is 19.9. The van der Waals surface area contributed by atoms with Crippen molar-refractivity contribution in [3.8, 4) is 16.9 Å². The van der Waals surface area contributed by atoms with Crippen LogP contribution in [0.5, 0.6) is 5.75 Å². The van der Waals surface area contributed by atoms with E-state index in [0.29, 0.717) is 13.0 Å². The van der Waals surface area contributed by atoms with Gasteiger partial charge in [-0.05, 0) is 71.6 Å². The highest BCUT2D eigenvalue weighted by atomic mass is 32.2. The molecule has 5 rings (SSSR count). The maximum atomic E-state index is 13.6. The van der Waals surface area contributed by atoms with Crippen LogP contribution in [0.15, 0.2) is 71.6 Å². The van der Waals surface area contributed by atoms with Crippen molar-refractivity contribution < 1.29 is 22.7 Å². The Hall–Kier alpha value is -2.94. The molecule has 0 radical (unpaired) electrons. The summed E-state index contributed by atoms with van der Waals surface area (Å²) >= 11 is 0. The van der Waals surface area contributed by atoms with Crippen LogP contribution in [0.25, 0.3) is 11.1 Å². The molecular weight excluding hydrogens is 455 g/mol. The van der Waals surface area contributed by atoms with Crippen LogP contribution in [-0.4, -0.2) is 51.2 Å². The first kappa shape index (κ1) is 22.8. The van der Waals surface area contributed by atoms with Crippen molar-refractivity contribution in [3.63, 3.8) is 0 Å². The fourth-order valence-corrected chi connectivity index (χ4v) is 7.07. The van der Waals surface area contributed by atoms with Gasteiger partial charge in [-0.1, -0.05) is 18.2 Å². The van der Waals surface area contributed by atoms with Crippen LogP contribution >= 0.6 is 0 Å². The van der Waals surface area contributed by atoms with E-state index in [2.05, 4.69) is 4.90 Å². The number of anilines is 1. The van der Waals surface area contributed by atoms with Crippen molar-refractivity contribution in [3.05, 3.63) is 78.1 Å². The third-order valence-electron chi connectivity index (χ3n) is 7.13. The molecule has 0 spiro atoms. The topological polar surface area (TPSA) is 70.1 Å². The second-order valence-corrected chi connectivity index (χ2v) is 10.7. The molecule has 3 aromatic carbocycles. The van der Waals surface area contributed by atoms with E-state index in [1.807, 2.05) is 49.5 Å². The summed E-state index contributed by atoms with van der Waals surface area (Å²) in [5.41, 5.74) is 3.73. The average Bonchev–Trinajstić information content (AvgIpc) is 3.30. The number of fused-ring (bicyclic) bond motifs is 3. The van der Waals surface area contributed by atoms with Crippen LogP contribution in [0.3, 0.4) is 0 Å². The molecule has 3 aromatic rings. The van der Waals surface area contributed by atoms with E-state index >= 15 is 0 Å². The summed E-state index contributed by atoms with van der Waals surface area (Å²) in [6.45, 7) is 0.265. The summed E-state index contributed by atoms with van der Waals surface area (Å²) in [5.74, 6) is 0.191. The number of sulfonamides is 1. The molecule has 0 saturated carbocycles. The Morgan fingerprint density at radius 1 is 1.06 bits per heavy atom. The molecule has 2 aliphatic heterocycles. The Kier molecular flexibility index (Phi) is 5.83. The van der Waals surface area contributed by atoms with Gasteiger partial charge >= 0.3 is 0 Å². The molecule has 178 valence electrons. The molecule has 2 aliphatic rings. The van der Waals surface area contributed by atoms with E-state index in [-0.39, 0.29) is 23.5 Å². The Morgan fingerprint density at radius 3 is 2.50 bits per heavy atom. The maximum Gasteiger partial charge on any atom is 0.243 e. The lowest BCUT2D eigenvalue weighted by Crippen LogP contribution is -2.48. The first-order valence-electron chi connectivity index (χ1n) is 11.2. The SMILES string of the molecule is COc1cccc(-c2ccc3c(c2)[C@H]2[C@H](CCN2S(=O)(=O)c2ccc(F)cc2)[C@H](CO)N3C)c1. The lowest BCUT2D eigenvalue weighted by atomic mass is 9.81. The van der Waals surface area contributed by atoms with Gasteiger partial charge in [0.1, 0.15) is 11.6 Å². The number of halogens is 1. The molecule has 0 aliphatic carbocycles. The second-order valence-electron chi connectivity index (χ2n) is 8.83. The monoisotopic (exact) mass is 482 g/mol. The predicted octanol–water partition coefficient (Wildman–Crippen LogP) is 4.06. The molecule has 34 heavy (non-hydrogen) atoms. The minimum Gasteiger partial charge on any atom is -0.497 e. The van der Waals surface area contributed by atoms with Crippen molar-refractivity contribution in [2.45, 2.75) is 23.4 Å². The van der Waals surface area contributed by atoms with E-state index in [1.165, 1.54) is 28.6 Å². The first-order valence-corrected chi connectivity index (χ1v) is 12.7. The largest absolute Gasteiger partial charge is 0.497 e. The maximum absolute atomic E-state index is 13.6. The predicted molar refractivity (Wildman–Crippen MR) is 129 cm³/mol. The highest BCUT2D eigenvalue weighted by molar-refractivity contribution is 7.89. The molecule has 2 heterocycles. The molecule has 0 unspecified atom stereocenters. The summed E-state index contributed by atoms with van der Waals surface area (Å²) in [6.07, 6.45) is 0.628. The minimum atomic E-state index is -3.86. The van der Waals surface area contributed by atoms with Gasteiger partial charge in [0.05, 0.1) is 30.7 Å². The van der Waals surface area contributed by atoms with Gasteiger partial charge in [0, 0.05) is 25.2 Å². The highest BCUT2D eigenvalue weighted by Crippen LogP contribution is 2.51. The zero-order chi connectivity index (χ0) is 24.0. The summed E-state index contributed by atoms with van der Waals surface area (Å²) in [7, 11) is -0.294. The second kappa shape index (κ2) is 8.69. The molecule has 0 bridgehead atoms. The van der Waals surface area contributed by atoms with Crippen LogP contribution < -0.4 is 9.64 Å². The molecule has 6 nitrogen and oxygen atoms in total. The number of nitrogens with zero attached hydrogens (tertiary/aromatic N) is 2. The number of methoxy groups -OCH3 is 1. The smallest absolute Gasteiger partial charge is 0.243 e. The van der Waals surface area contributed by atoms with E-state index in [4.69, 9.17) is 4.74 Å². The number of hydrogen-bond acceptors (Lipinski definition) is 5. The number of ether oxygens (including phenoxy) is 1. The number of benzene rings is 3. The van der Waals surface area contributed by atoms with Gasteiger partial charge in [0.2, 0.25) is 10.0 Å². The van der Waals surface area contributed by atoms with Gasteiger partial charge in [-0.25, -0.2) is 12.8 Å². The first-order chi connectivity index (χ1) is 16.3. The lowest BCUT2D eigenvalue weighted by molar-refractivity contribution is 0.193. The third-order valence-corrected chi connectivity index (χ3v) is 9.02.